The SMILES string of the molecule is C#CCNS(=O)(=O)c1cccc(C(=O)NC(CC2CC2)C(=O)O)c1. The van der Waals surface area contributed by atoms with Crippen LogP contribution in [-0.4, -0.2) is 38.0 Å². The van der Waals surface area contributed by atoms with Crippen molar-refractivity contribution in [3.63, 3.8) is 0 Å². The monoisotopic (exact) mass is 350 g/mol. The van der Waals surface area contributed by atoms with Crippen molar-refractivity contribution in [1.29, 1.82) is 0 Å². The van der Waals surface area contributed by atoms with Gasteiger partial charge in [0.1, 0.15) is 6.04 Å². The summed E-state index contributed by atoms with van der Waals surface area (Å²) in [5, 5.41) is 11.6. The van der Waals surface area contributed by atoms with E-state index in [1.54, 1.807) is 0 Å². The maximum Gasteiger partial charge on any atom is 0.326 e. The van der Waals surface area contributed by atoms with Crippen LogP contribution in [0.1, 0.15) is 29.6 Å². The van der Waals surface area contributed by atoms with Crippen molar-refractivity contribution < 1.29 is 23.1 Å². The quantitative estimate of drug-likeness (QED) is 0.594. The van der Waals surface area contributed by atoms with Crippen molar-refractivity contribution >= 4 is 21.9 Å². The van der Waals surface area contributed by atoms with Crippen molar-refractivity contribution in [2.45, 2.75) is 30.2 Å². The molecule has 1 aromatic carbocycles. The number of hydrogen-bond donors (Lipinski definition) is 3. The normalized spacial score (nSPS) is 15.3. The summed E-state index contributed by atoms with van der Waals surface area (Å²) in [5.41, 5.74) is 0.0700. The number of aliphatic carboxylic acids is 1. The fraction of sp³-hybridized carbons (Fsp3) is 0.375. The summed E-state index contributed by atoms with van der Waals surface area (Å²) in [6.45, 7) is -0.165. The van der Waals surface area contributed by atoms with Crippen LogP contribution in [0.15, 0.2) is 29.2 Å². The third-order valence-electron chi connectivity index (χ3n) is 3.64. The molecule has 0 heterocycles. The van der Waals surface area contributed by atoms with Crippen LogP contribution in [0.2, 0.25) is 0 Å². The minimum absolute atomic E-state index is 0.0700. The average Bonchev–Trinajstić information content (AvgIpc) is 3.36. The van der Waals surface area contributed by atoms with Crippen molar-refractivity contribution in [2.24, 2.45) is 5.92 Å². The standard InChI is InChI=1S/C16H18N2O5S/c1-2-8-17-24(22,23)13-5-3-4-12(10-13)15(19)18-14(16(20)21)9-11-6-7-11/h1,3-5,10-11,14,17H,6-9H2,(H,18,19)(H,20,21). The van der Waals surface area contributed by atoms with E-state index in [9.17, 15) is 23.1 Å². The fourth-order valence-corrected chi connectivity index (χ4v) is 3.15. The van der Waals surface area contributed by atoms with Gasteiger partial charge in [-0.1, -0.05) is 24.8 Å². The maximum atomic E-state index is 12.2. The molecule has 1 aliphatic carbocycles. The smallest absolute Gasteiger partial charge is 0.326 e. The number of carbonyl (C=O) groups excluding carboxylic acids is 1. The highest BCUT2D eigenvalue weighted by atomic mass is 32.2. The summed E-state index contributed by atoms with van der Waals surface area (Å²) in [6, 6.07) is 4.37. The molecule has 1 unspecified atom stereocenters. The van der Waals surface area contributed by atoms with Crippen molar-refractivity contribution in [3.8, 4) is 12.3 Å². The molecule has 1 aliphatic rings. The van der Waals surface area contributed by atoms with E-state index >= 15 is 0 Å². The number of nitrogens with one attached hydrogen (secondary N) is 2. The zero-order valence-corrected chi connectivity index (χ0v) is 13.7. The molecule has 3 N–H and O–H groups in total. The highest BCUT2D eigenvalue weighted by molar-refractivity contribution is 7.89. The Morgan fingerprint density at radius 2 is 2.08 bits per heavy atom. The average molecular weight is 350 g/mol. The molecule has 1 fully saturated rings. The predicted molar refractivity (Wildman–Crippen MR) is 86.7 cm³/mol. The molecule has 0 radical (unpaired) electrons. The van der Waals surface area contributed by atoms with Crippen molar-refractivity contribution in [2.75, 3.05) is 6.54 Å². The molecule has 1 aromatic rings. The second kappa shape index (κ2) is 7.47. The van der Waals surface area contributed by atoms with Gasteiger partial charge in [-0.3, -0.25) is 4.79 Å². The molecule has 7 nitrogen and oxygen atoms in total. The Labute approximate surface area is 140 Å². The Bertz CT molecular complexity index is 778. The number of rotatable bonds is 8. The van der Waals surface area contributed by atoms with Gasteiger partial charge in [-0.2, -0.15) is 4.72 Å². The Morgan fingerprint density at radius 3 is 2.67 bits per heavy atom. The molecular weight excluding hydrogens is 332 g/mol. The maximum absolute atomic E-state index is 12.2. The van der Waals surface area contributed by atoms with E-state index in [1.807, 2.05) is 0 Å². The third kappa shape index (κ3) is 4.81. The number of carbonyl (C=O) groups is 2. The second-order valence-corrected chi connectivity index (χ2v) is 7.37. The molecule has 1 atom stereocenters. The molecule has 0 spiro atoms. The first kappa shape index (κ1) is 18.0. The van der Waals surface area contributed by atoms with Gasteiger partial charge in [0.25, 0.3) is 5.91 Å². The first-order valence-electron chi connectivity index (χ1n) is 7.40. The van der Waals surface area contributed by atoms with Crippen molar-refractivity contribution in [1.82, 2.24) is 10.0 Å². The van der Waals surface area contributed by atoms with Gasteiger partial charge < -0.3 is 10.4 Å². The highest BCUT2D eigenvalue weighted by Gasteiger charge is 2.30. The zero-order chi connectivity index (χ0) is 17.7. The van der Waals surface area contributed by atoms with Gasteiger partial charge in [-0.15, -0.1) is 6.42 Å². The largest absolute Gasteiger partial charge is 0.480 e. The molecule has 8 heteroatoms. The molecule has 24 heavy (non-hydrogen) atoms. The molecule has 0 aliphatic heterocycles. The number of terminal acetylenes is 1. The van der Waals surface area contributed by atoms with E-state index in [-0.39, 0.29) is 17.0 Å². The van der Waals surface area contributed by atoms with Gasteiger partial charge in [0.2, 0.25) is 10.0 Å². The lowest BCUT2D eigenvalue weighted by Crippen LogP contribution is -2.41. The van der Waals surface area contributed by atoms with Gasteiger partial charge in [0.05, 0.1) is 11.4 Å². The number of carboxylic acid groups (broad SMARTS) is 1. The summed E-state index contributed by atoms with van der Waals surface area (Å²) in [4.78, 5) is 23.4. The van der Waals surface area contributed by atoms with E-state index in [0.29, 0.717) is 12.3 Å². The van der Waals surface area contributed by atoms with E-state index in [1.165, 1.54) is 24.3 Å². The molecule has 0 aromatic heterocycles. The van der Waals surface area contributed by atoms with E-state index in [0.717, 1.165) is 12.8 Å². The van der Waals surface area contributed by atoms with Crippen LogP contribution in [-0.2, 0) is 14.8 Å². The van der Waals surface area contributed by atoms with E-state index in [2.05, 4.69) is 16.0 Å². The molecule has 2 rings (SSSR count). The second-order valence-electron chi connectivity index (χ2n) is 5.60. The number of carboxylic acids is 1. The van der Waals surface area contributed by atoms with Crippen LogP contribution >= 0.6 is 0 Å². The molecule has 0 bridgehead atoms. The minimum Gasteiger partial charge on any atom is -0.480 e. The van der Waals surface area contributed by atoms with Crippen LogP contribution in [0.25, 0.3) is 0 Å². The summed E-state index contributed by atoms with van der Waals surface area (Å²) < 4.78 is 26.2. The van der Waals surface area contributed by atoms with Crippen LogP contribution in [0.5, 0.6) is 0 Å². The predicted octanol–water partition coefficient (Wildman–Crippen LogP) is 0.581. The number of amides is 1. The molecule has 1 amide bonds. The van der Waals surface area contributed by atoms with Gasteiger partial charge in [-0.05, 0) is 30.5 Å². The summed E-state index contributed by atoms with van der Waals surface area (Å²) >= 11 is 0. The summed E-state index contributed by atoms with van der Waals surface area (Å²) in [6.07, 6.45) is 7.33. The Hall–Kier alpha value is -2.37. The Kier molecular flexibility index (Phi) is 5.59. The first-order chi connectivity index (χ1) is 11.3. The lowest BCUT2D eigenvalue weighted by atomic mass is 10.1. The third-order valence-corrected chi connectivity index (χ3v) is 5.04. The van der Waals surface area contributed by atoms with Crippen LogP contribution in [0.3, 0.4) is 0 Å². The lowest BCUT2D eigenvalue weighted by molar-refractivity contribution is -0.139. The van der Waals surface area contributed by atoms with Crippen LogP contribution in [0, 0.1) is 18.3 Å². The van der Waals surface area contributed by atoms with Gasteiger partial charge >= 0.3 is 5.97 Å². The Morgan fingerprint density at radius 1 is 1.38 bits per heavy atom. The minimum atomic E-state index is -3.82. The van der Waals surface area contributed by atoms with E-state index < -0.39 is 27.9 Å². The topological polar surface area (TPSA) is 113 Å². The van der Waals surface area contributed by atoms with Crippen molar-refractivity contribution in [3.05, 3.63) is 29.8 Å². The summed E-state index contributed by atoms with van der Waals surface area (Å²) in [5.74, 6) is 0.754. The van der Waals surface area contributed by atoms with Gasteiger partial charge in [0.15, 0.2) is 0 Å². The molecular formula is C16H18N2O5S. The molecule has 0 saturated heterocycles. The van der Waals surface area contributed by atoms with Crippen LogP contribution in [0.4, 0.5) is 0 Å². The summed E-state index contributed by atoms with van der Waals surface area (Å²) in [7, 11) is -3.82. The zero-order valence-electron chi connectivity index (χ0n) is 12.9. The van der Waals surface area contributed by atoms with E-state index in [4.69, 9.17) is 6.42 Å². The highest BCUT2D eigenvalue weighted by Crippen LogP contribution is 2.33. The molecule has 128 valence electrons. The van der Waals surface area contributed by atoms with Crippen LogP contribution < -0.4 is 10.0 Å². The number of benzene rings is 1. The molecule has 1 saturated carbocycles. The Balaban J connectivity index is 2.13. The number of sulfonamides is 1. The fourth-order valence-electron chi connectivity index (χ4n) is 2.17. The number of hydrogen-bond acceptors (Lipinski definition) is 4. The lowest BCUT2D eigenvalue weighted by Gasteiger charge is -2.14. The van der Waals surface area contributed by atoms with Gasteiger partial charge in [-0.25, -0.2) is 13.2 Å². The first-order valence-corrected chi connectivity index (χ1v) is 8.88. The van der Waals surface area contributed by atoms with Gasteiger partial charge in [0, 0.05) is 5.56 Å².